The van der Waals surface area contributed by atoms with Crippen LogP contribution in [0, 0.1) is 6.92 Å². The highest BCUT2D eigenvalue weighted by atomic mass is 35.5. The van der Waals surface area contributed by atoms with Crippen molar-refractivity contribution in [1.29, 1.82) is 0 Å². The molecule has 0 aliphatic carbocycles. The molecule has 4 heteroatoms. The van der Waals surface area contributed by atoms with Crippen molar-refractivity contribution in [1.82, 2.24) is 4.90 Å². The maximum Gasteiger partial charge on any atom is 0.285 e. The van der Waals surface area contributed by atoms with E-state index in [1.807, 2.05) is 25.1 Å². The van der Waals surface area contributed by atoms with Gasteiger partial charge in [0, 0.05) is 19.0 Å². The first-order valence-electron chi connectivity index (χ1n) is 4.16. The van der Waals surface area contributed by atoms with Crippen LogP contribution in [0.5, 0.6) is 0 Å². The zero-order valence-corrected chi connectivity index (χ0v) is 9.95. The third-order valence-electron chi connectivity index (χ3n) is 1.65. The molecule has 0 saturated heterocycles. The third kappa shape index (κ3) is 2.93. The molecule has 0 N–H and O–H groups in total. The summed E-state index contributed by atoms with van der Waals surface area (Å²) in [6.45, 7) is 1.97. The second-order valence-electron chi connectivity index (χ2n) is 3.20. The Morgan fingerprint density at radius 2 is 2.07 bits per heavy atom. The van der Waals surface area contributed by atoms with Gasteiger partial charge in [0.25, 0.3) is 5.24 Å². The predicted octanol–water partition coefficient (Wildman–Crippen LogP) is 3.42. The van der Waals surface area contributed by atoms with Gasteiger partial charge in [-0.15, -0.1) is 0 Å². The van der Waals surface area contributed by atoms with Crippen molar-refractivity contribution in [2.75, 3.05) is 14.1 Å². The minimum Gasteiger partial charge on any atom is -0.339 e. The molecule has 1 amide bonds. The van der Waals surface area contributed by atoms with Crippen LogP contribution in [0.4, 0.5) is 4.79 Å². The molecular weight excluding hydrogens is 218 g/mol. The van der Waals surface area contributed by atoms with Gasteiger partial charge < -0.3 is 4.90 Å². The van der Waals surface area contributed by atoms with Crippen LogP contribution in [0.1, 0.15) is 5.56 Å². The van der Waals surface area contributed by atoms with E-state index in [1.54, 1.807) is 14.1 Å². The molecule has 2 nitrogen and oxygen atoms in total. The second-order valence-corrected chi connectivity index (χ2v) is 4.60. The Labute approximate surface area is 93.2 Å². The van der Waals surface area contributed by atoms with Crippen molar-refractivity contribution >= 4 is 28.6 Å². The highest BCUT2D eigenvalue weighted by molar-refractivity contribution is 8.13. The molecule has 76 valence electrons. The molecule has 0 spiro atoms. The fraction of sp³-hybridized carbons (Fsp3) is 0.300. The molecule has 1 rings (SSSR count). The van der Waals surface area contributed by atoms with E-state index < -0.39 is 0 Å². The van der Waals surface area contributed by atoms with Gasteiger partial charge in [0.05, 0.1) is 5.02 Å². The zero-order valence-electron chi connectivity index (χ0n) is 8.37. The number of hydrogen-bond donors (Lipinski definition) is 0. The summed E-state index contributed by atoms with van der Waals surface area (Å²) < 4.78 is 0. The van der Waals surface area contributed by atoms with Crippen LogP contribution in [0.15, 0.2) is 23.1 Å². The first-order valence-corrected chi connectivity index (χ1v) is 5.35. The number of aryl methyl sites for hydroxylation is 1. The first kappa shape index (κ1) is 11.4. The van der Waals surface area contributed by atoms with Gasteiger partial charge in [-0.25, -0.2) is 0 Å². The zero-order chi connectivity index (χ0) is 10.7. The van der Waals surface area contributed by atoms with Gasteiger partial charge >= 0.3 is 0 Å². The van der Waals surface area contributed by atoms with Gasteiger partial charge in [0.15, 0.2) is 0 Å². The quantitative estimate of drug-likeness (QED) is 0.688. The van der Waals surface area contributed by atoms with Crippen molar-refractivity contribution in [3.63, 3.8) is 0 Å². The van der Waals surface area contributed by atoms with Crippen molar-refractivity contribution < 1.29 is 4.79 Å². The molecule has 0 fully saturated rings. The van der Waals surface area contributed by atoms with Crippen molar-refractivity contribution in [2.45, 2.75) is 11.8 Å². The summed E-state index contributed by atoms with van der Waals surface area (Å²) in [7, 11) is 3.44. The van der Waals surface area contributed by atoms with Crippen LogP contribution in [0.25, 0.3) is 0 Å². The number of halogens is 1. The number of carbonyl (C=O) groups excluding carboxylic acids is 1. The third-order valence-corrected chi connectivity index (χ3v) is 3.19. The van der Waals surface area contributed by atoms with Crippen LogP contribution in [0.3, 0.4) is 0 Å². The number of nitrogens with zero attached hydrogens (tertiary/aromatic N) is 1. The second kappa shape index (κ2) is 4.71. The lowest BCUT2D eigenvalue weighted by Crippen LogP contribution is -2.16. The van der Waals surface area contributed by atoms with Gasteiger partial charge in [-0.2, -0.15) is 0 Å². The lowest BCUT2D eigenvalue weighted by Gasteiger charge is -2.10. The molecule has 0 heterocycles. The number of hydrogen-bond acceptors (Lipinski definition) is 2. The normalized spacial score (nSPS) is 10.0. The van der Waals surface area contributed by atoms with Gasteiger partial charge in [0.1, 0.15) is 0 Å². The topological polar surface area (TPSA) is 20.3 Å². The Kier molecular flexibility index (Phi) is 3.84. The fourth-order valence-corrected chi connectivity index (χ4v) is 1.89. The Morgan fingerprint density at radius 3 is 2.64 bits per heavy atom. The largest absolute Gasteiger partial charge is 0.339 e. The molecule has 0 aromatic heterocycles. The van der Waals surface area contributed by atoms with E-state index in [4.69, 9.17) is 11.6 Å². The van der Waals surface area contributed by atoms with E-state index in [0.717, 1.165) is 22.2 Å². The minimum absolute atomic E-state index is 0.0162. The van der Waals surface area contributed by atoms with Crippen LogP contribution in [-0.4, -0.2) is 24.2 Å². The lowest BCUT2D eigenvalue weighted by atomic mass is 10.2. The fourth-order valence-electron chi connectivity index (χ4n) is 0.874. The molecule has 0 atom stereocenters. The van der Waals surface area contributed by atoms with Crippen LogP contribution < -0.4 is 0 Å². The molecule has 0 unspecified atom stereocenters. The number of carbonyl (C=O) groups is 1. The number of thioether (sulfide) groups is 1. The molecule has 0 aliphatic heterocycles. The first-order chi connectivity index (χ1) is 6.50. The number of amides is 1. The van der Waals surface area contributed by atoms with Crippen molar-refractivity contribution in [3.05, 3.63) is 28.8 Å². The smallest absolute Gasteiger partial charge is 0.285 e. The Bertz CT molecular complexity index is 352. The van der Waals surface area contributed by atoms with Gasteiger partial charge in [-0.3, -0.25) is 4.79 Å². The van der Waals surface area contributed by atoms with Crippen molar-refractivity contribution in [2.24, 2.45) is 0 Å². The average molecular weight is 230 g/mol. The molecule has 1 aromatic carbocycles. The lowest BCUT2D eigenvalue weighted by molar-refractivity contribution is 0.241. The molecule has 0 radical (unpaired) electrons. The molecule has 1 aromatic rings. The van der Waals surface area contributed by atoms with Gasteiger partial charge in [-0.05, 0) is 36.4 Å². The van der Waals surface area contributed by atoms with Crippen LogP contribution in [-0.2, 0) is 0 Å². The van der Waals surface area contributed by atoms with E-state index in [2.05, 4.69) is 0 Å². The number of rotatable bonds is 1. The van der Waals surface area contributed by atoms with Crippen LogP contribution in [0.2, 0.25) is 5.02 Å². The summed E-state index contributed by atoms with van der Waals surface area (Å²) >= 11 is 7.10. The summed E-state index contributed by atoms with van der Waals surface area (Å²) in [6.07, 6.45) is 0. The summed E-state index contributed by atoms with van der Waals surface area (Å²) in [5.41, 5.74) is 1.10. The van der Waals surface area contributed by atoms with E-state index in [9.17, 15) is 4.79 Å². The summed E-state index contributed by atoms with van der Waals surface area (Å²) in [5.74, 6) is 0. The Morgan fingerprint density at radius 1 is 1.43 bits per heavy atom. The molecule has 14 heavy (non-hydrogen) atoms. The Balaban J connectivity index is 2.86. The molecule has 0 aliphatic rings. The standard InChI is InChI=1S/C10H12ClNOS/c1-7-4-5-8(11)9(6-7)14-10(13)12(2)3/h4-6H,1-3H3. The van der Waals surface area contributed by atoms with E-state index in [-0.39, 0.29) is 5.24 Å². The van der Waals surface area contributed by atoms with Gasteiger partial charge in [0.2, 0.25) is 0 Å². The Hall–Kier alpha value is -0.670. The van der Waals surface area contributed by atoms with Crippen molar-refractivity contribution in [3.8, 4) is 0 Å². The van der Waals surface area contributed by atoms with Gasteiger partial charge in [-0.1, -0.05) is 17.7 Å². The SMILES string of the molecule is Cc1ccc(Cl)c(SC(=O)N(C)C)c1. The highest BCUT2D eigenvalue weighted by Crippen LogP contribution is 2.29. The van der Waals surface area contributed by atoms with Crippen LogP contribution >= 0.6 is 23.4 Å². The average Bonchev–Trinajstić information content (AvgIpc) is 2.11. The summed E-state index contributed by atoms with van der Waals surface area (Å²) in [6, 6.07) is 5.64. The summed E-state index contributed by atoms with van der Waals surface area (Å²) in [4.78, 5) is 13.7. The summed E-state index contributed by atoms with van der Waals surface area (Å²) in [5, 5.41) is 0.605. The van der Waals surface area contributed by atoms with E-state index in [1.165, 1.54) is 4.90 Å². The molecular formula is C10H12ClNOS. The monoisotopic (exact) mass is 229 g/mol. The van der Waals surface area contributed by atoms with E-state index in [0.29, 0.717) is 5.02 Å². The highest BCUT2D eigenvalue weighted by Gasteiger charge is 2.09. The number of benzene rings is 1. The maximum absolute atomic E-state index is 11.4. The van der Waals surface area contributed by atoms with E-state index >= 15 is 0 Å². The maximum atomic E-state index is 11.4. The predicted molar refractivity (Wildman–Crippen MR) is 61.1 cm³/mol. The minimum atomic E-state index is -0.0162. The molecule has 0 saturated carbocycles. The molecule has 0 bridgehead atoms.